The number of nitrogens with one attached hydrogen (secondary N) is 2. The number of aromatic nitrogens is 2. The number of carbonyl (C=O) groups is 1. The molecule has 1 heterocycles. The van der Waals surface area contributed by atoms with Gasteiger partial charge in [0.05, 0.1) is 0 Å². The van der Waals surface area contributed by atoms with Crippen molar-refractivity contribution in [3.05, 3.63) is 76.1 Å². The van der Waals surface area contributed by atoms with Gasteiger partial charge in [-0.25, -0.2) is 9.97 Å². The topological polar surface area (TPSA) is 66.9 Å². The van der Waals surface area contributed by atoms with Crippen molar-refractivity contribution >= 4 is 23.2 Å². The number of benzene rings is 2. The average Bonchev–Trinajstić information content (AvgIpc) is 2.56. The normalized spacial score (nSPS) is 10.6. The number of hydrogen-bond acceptors (Lipinski definition) is 4. The molecule has 1 amide bonds. The molecule has 0 aliphatic carbocycles. The summed E-state index contributed by atoms with van der Waals surface area (Å²) in [6, 6.07) is 13.8. The van der Waals surface area contributed by atoms with Gasteiger partial charge in [0.2, 0.25) is 5.95 Å². The van der Waals surface area contributed by atoms with Crippen molar-refractivity contribution in [2.75, 3.05) is 10.6 Å². The summed E-state index contributed by atoms with van der Waals surface area (Å²) in [5.41, 5.74) is 7.18. The second-order valence-corrected chi connectivity index (χ2v) is 6.99. The number of nitrogens with zero attached hydrogens (tertiary/aromatic N) is 2. The highest BCUT2D eigenvalue weighted by Gasteiger charge is 2.12. The van der Waals surface area contributed by atoms with Crippen LogP contribution < -0.4 is 10.6 Å². The van der Waals surface area contributed by atoms with Crippen molar-refractivity contribution in [3.63, 3.8) is 0 Å². The van der Waals surface area contributed by atoms with Crippen LogP contribution in [-0.2, 0) is 0 Å². The smallest absolute Gasteiger partial charge is 0.274 e. The van der Waals surface area contributed by atoms with Crippen molar-refractivity contribution in [1.29, 1.82) is 0 Å². The van der Waals surface area contributed by atoms with Gasteiger partial charge in [-0.1, -0.05) is 18.2 Å². The Kier molecular flexibility index (Phi) is 5.21. The van der Waals surface area contributed by atoms with Gasteiger partial charge < -0.3 is 10.6 Å². The van der Waals surface area contributed by atoms with E-state index >= 15 is 0 Å². The molecule has 5 nitrogen and oxygen atoms in total. The zero-order valence-corrected chi connectivity index (χ0v) is 16.3. The maximum absolute atomic E-state index is 12.7. The zero-order valence-electron chi connectivity index (χ0n) is 16.3. The summed E-state index contributed by atoms with van der Waals surface area (Å²) in [5.74, 6) is 0.156. The van der Waals surface area contributed by atoms with E-state index in [1.165, 1.54) is 0 Å². The van der Waals surface area contributed by atoms with Gasteiger partial charge >= 0.3 is 0 Å². The Balaban J connectivity index is 1.86. The fourth-order valence-corrected chi connectivity index (χ4v) is 2.97. The van der Waals surface area contributed by atoms with Crippen LogP contribution in [0.2, 0.25) is 0 Å². The van der Waals surface area contributed by atoms with Gasteiger partial charge in [-0.3, -0.25) is 4.79 Å². The van der Waals surface area contributed by atoms with E-state index in [1.807, 2.05) is 58.9 Å². The number of hydrogen-bond donors (Lipinski definition) is 2. The molecule has 0 unspecified atom stereocenters. The molecule has 2 N–H and O–H groups in total. The molecule has 0 spiro atoms. The van der Waals surface area contributed by atoms with Gasteiger partial charge in [0.25, 0.3) is 5.91 Å². The standard InChI is InChI=1S/C22H24N4O/c1-13-6-7-16(4)19(11-13)25-22-23-17(5)12-20(26-22)21(27)24-18-9-14(2)8-15(3)10-18/h6-12H,1-5H3,(H,24,27)(H,23,25,26). The molecule has 1 aromatic heterocycles. The van der Waals surface area contributed by atoms with Crippen LogP contribution in [-0.4, -0.2) is 15.9 Å². The molecule has 0 saturated heterocycles. The lowest BCUT2D eigenvalue weighted by Gasteiger charge is -2.12. The van der Waals surface area contributed by atoms with E-state index in [9.17, 15) is 4.79 Å². The molecule has 0 radical (unpaired) electrons. The van der Waals surface area contributed by atoms with Gasteiger partial charge in [0, 0.05) is 17.1 Å². The predicted molar refractivity (Wildman–Crippen MR) is 110 cm³/mol. The van der Waals surface area contributed by atoms with Crippen molar-refractivity contribution < 1.29 is 4.79 Å². The minimum absolute atomic E-state index is 0.255. The quantitative estimate of drug-likeness (QED) is 0.686. The Morgan fingerprint density at radius 1 is 0.815 bits per heavy atom. The second-order valence-electron chi connectivity index (χ2n) is 6.99. The molecule has 0 fully saturated rings. The molecule has 27 heavy (non-hydrogen) atoms. The third kappa shape index (κ3) is 4.70. The zero-order chi connectivity index (χ0) is 19.6. The first kappa shape index (κ1) is 18.6. The fourth-order valence-electron chi connectivity index (χ4n) is 2.97. The summed E-state index contributed by atoms with van der Waals surface area (Å²) in [4.78, 5) is 21.5. The highest BCUT2D eigenvalue weighted by molar-refractivity contribution is 6.03. The molecule has 0 saturated carbocycles. The first-order valence-electron chi connectivity index (χ1n) is 8.90. The van der Waals surface area contributed by atoms with Crippen molar-refractivity contribution in [3.8, 4) is 0 Å². The monoisotopic (exact) mass is 360 g/mol. The third-order valence-corrected chi connectivity index (χ3v) is 4.21. The Bertz CT molecular complexity index is 991. The molecule has 2 aromatic carbocycles. The van der Waals surface area contributed by atoms with E-state index in [4.69, 9.17) is 0 Å². The number of amides is 1. The number of rotatable bonds is 4. The van der Waals surface area contributed by atoms with Gasteiger partial charge in [-0.2, -0.15) is 0 Å². The van der Waals surface area contributed by atoms with E-state index < -0.39 is 0 Å². The summed E-state index contributed by atoms with van der Waals surface area (Å²) in [7, 11) is 0. The lowest BCUT2D eigenvalue weighted by atomic mass is 10.1. The van der Waals surface area contributed by atoms with Crippen LogP contribution in [0.25, 0.3) is 0 Å². The summed E-state index contributed by atoms with van der Waals surface area (Å²) in [5, 5.41) is 6.15. The van der Waals surface area contributed by atoms with Crippen molar-refractivity contribution in [1.82, 2.24) is 9.97 Å². The molecule has 0 bridgehead atoms. The maximum atomic E-state index is 12.7. The van der Waals surface area contributed by atoms with Crippen LogP contribution in [0.3, 0.4) is 0 Å². The van der Waals surface area contributed by atoms with E-state index in [0.29, 0.717) is 11.6 Å². The lowest BCUT2D eigenvalue weighted by molar-refractivity contribution is 0.102. The minimum Gasteiger partial charge on any atom is -0.324 e. The second kappa shape index (κ2) is 7.58. The van der Waals surface area contributed by atoms with Crippen LogP contribution in [0.5, 0.6) is 0 Å². The first-order chi connectivity index (χ1) is 12.8. The van der Waals surface area contributed by atoms with Gasteiger partial charge in [0.15, 0.2) is 0 Å². The predicted octanol–water partition coefficient (Wildman–Crippen LogP) is 5.01. The SMILES string of the molecule is Cc1cc(C)cc(NC(=O)c2cc(C)nc(Nc3cc(C)ccc3C)n2)c1. The van der Waals surface area contributed by atoms with Gasteiger partial charge in [-0.05, 0) is 81.1 Å². The van der Waals surface area contributed by atoms with E-state index in [2.05, 4.69) is 32.7 Å². The maximum Gasteiger partial charge on any atom is 0.274 e. The highest BCUT2D eigenvalue weighted by atomic mass is 16.1. The first-order valence-corrected chi connectivity index (χ1v) is 8.90. The molecular formula is C22H24N4O. The lowest BCUT2D eigenvalue weighted by Crippen LogP contribution is -2.15. The highest BCUT2D eigenvalue weighted by Crippen LogP contribution is 2.21. The summed E-state index contributed by atoms with van der Waals surface area (Å²) >= 11 is 0. The van der Waals surface area contributed by atoms with Gasteiger partial charge in [-0.15, -0.1) is 0 Å². The molecular weight excluding hydrogens is 336 g/mol. The number of aryl methyl sites for hydroxylation is 5. The number of carbonyl (C=O) groups excluding carboxylic acids is 1. The fraction of sp³-hybridized carbons (Fsp3) is 0.227. The largest absolute Gasteiger partial charge is 0.324 e. The Morgan fingerprint density at radius 3 is 2.22 bits per heavy atom. The average molecular weight is 360 g/mol. The molecule has 0 aliphatic heterocycles. The molecule has 0 aliphatic rings. The minimum atomic E-state index is -0.255. The van der Waals surface area contributed by atoms with Crippen LogP contribution in [0, 0.1) is 34.6 Å². The van der Waals surface area contributed by atoms with Crippen LogP contribution in [0.1, 0.15) is 38.4 Å². The summed E-state index contributed by atoms with van der Waals surface area (Å²) in [6.07, 6.45) is 0. The molecule has 138 valence electrons. The van der Waals surface area contributed by atoms with Crippen molar-refractivity contribution in [2.24, 2.45) is 0 Å². The Hall–Kier alpha value is -3.21. The van der Waals surface area contributed by atoms with E-state index in [-0.39, 0.29) is 5.91 Å². The van der Waals surface area contributed by atoms with Crippen LogP contribution >= 0.6 is 0 Å². The third-order valence-electron chi connectivity index (χ3n) is 4.21. The summed E-state index contributed by atoms with van der Waals surface area (Å²) < 4.78 is 0. The Morgan fingerprint density at radius 2 is 1.52 bits per heavy atom. The molecule has 3 aromatic rings. The van der Waals surface area contributed by atoms with E-state index in [1.54, 1.807) is 6.07 Å². The molecule has 3 rings (SSSR count). The number of anilines is 3. The Labute approximate surface area is 159 Å². The van der Waals surface area contributed by atoms with Crippen LogP contribution in [0.15, 0.2) is 42.5 Å². The van der Waals surface area contributed by atoms with Gasteiger partial charge in [0.1, 0.15) is 5.69 Å². The van der Waals surface area contributed by atoms with Crippen LogP contribution in [0.4, 0.5) is 17.3 Å². The van der Waals surface area contributed by atoms with Crippen molar-refractivity contribution in [2.45, 2.75) is 34.6 Å². The summed E-state index contributed by atoms with van der Waals surface area (Å²) in [6.45, 7) is 9.91. The van der Waals surface area contributed by atoms with E-state index in [0.717, 1.165) is 39.3 Å². The molecule has 5 heteroatoms. The molecule has 0 atom stereocenters.